The highest BCUT2D eigenvalue weighted by Crippen LogP contribution is 2.58. The van der Waals surface area contributed by atoms with Crippen LogP contribution in [0.2, 0.25) is 0 Å². The van der Waals surface area contributed by atoms with Crippen molar-refractivity contribution in [1.29, 1.82) is 0 Å². The highest BCUT2D eigenvalue weighted by atomic mass is 32.2. The van der Waals surface area contributed by atoms with E-state index in [9.17, 15) is 57.1 Å². The topological polar surface area (TPSA) is 113 Å². The second-order valence-corrected chi connectivity index (χ2v) is 40.1. The molecule has 1 atom stereocenters. The number of rotatable bonds is 15. The van der Waals surface area contributed by atoms with Crippen LogP contribution in [0.3, 0.4) is 0 Å². The van der Waals surface area contributed by atoms with E-state index < -0.39 is 60.5 Å². The van der Waals surface area contributed by atoms with Gasteiger partial charge in [0.25, 0.3) is 0 Å². The number of aromatic nitrogens is 2. The molecule has 0 radical (unpaired) electrons. The molecule has 21 rings (SSSR count). The zero-order valence-corrected chi connectivity index (χ0v) is 71.6. The summed E-state index contributed by atoms with van der Waals surface area (Å²) in [6, 6.07) is 121. The molecule has 18 aromatic rings. The smallest absolute Gasteiger partial charge is 0.399 e. The first kappa shape index (κ1) is 84.3. The molecule has 22 heteroatoms. The van der Waals surface area contributed by atoms with Gasteiger partial charge in [-0.2, -0.15) is 47.9 Å². The molecule has 2 aromatic heterocycles. The number of hydrogen-bond donors (Lipinski definition) is 0. The molecule has 1 unspecified atom stereocenters. The fourth-order valence-corrected chi connectivity index (χ4v) is 23.8. The molecule has 9 nitrogen and oxygen atoms in total. The van der Waals surface area contributed by atoms with Crippen LogP contribution in [0, 0.1) is 0 Å². The molecule has 0 N–H and O–H groups in total. The molecule has 0 spiro atoms. The molecule has 1 fully saturated rings. The highest BCUT2D eigenvalue weighted by molar-refractivity contribution is 7.88. The Balaban J connectivity index is 0.000000127. The number of allylic oxidation sites excluding steroid dienone is 1. The fourth-order valence-electron chi connectivity index (χ4n) is 17.6. The van der Waals surface area contributed by atoms with Crippen molar-refractivity contribution in [2.75, 3.05) is 0 Å². The lowest BCUT2D eigenvalue weighted by Gasteiger charge is -2.32. The molecule has 128 heavy (non-hydrogen) atoms. The third-order valence-corrected chi connectivity index (χ3v) is 32.3. The van der Waals surface area contributed by atoms with Gasteiger partial charge in [0.05, 0.1) is 27.8 Å². The predicted molar refractivity (Wildman–Crippen MR) is 498 cm³/mol. The number of fused-ring (bicyclic) bond motifs is 20. The van der Waals surface area contributed by atoms with Crippen molar-refractivity contribution in [2.24, 2.45) is 0 Å². The van der Waals surface area contributed by atoms with Crippen LogP contribution >= 0.6 is 14.3 Å². The molecule has 1 aliphatic heterocycles. The van der Waals surface area contributed by atoms with Crippen LogP contribution in [-0.4, -0.2) is 59.4 Å². The van der Waals surface area contributed by atoms with E-state index in [1.807, 2.05) is 66.7 Å². The Morgan fingerprint density at radius 3 is 1.42 bits per heavy atom. The summed E-state index contributed by atoms with van der Waals surface area (Å²) in [6.45, 7) is 8.37. The second-order valence-electron chi connectivity index (χ2n) is 33.0. The molecule has 0 bridgehead atoms. The van der Waals surface area contributed by atoms with Crippen molar-refractivity contribution in [3.8, 4) is 50.3 Å². The van der Waals surface area contributed by atoms with E-state index in [-0.39, 0.29) is 28.2 Å². The van der Waals surface area contributed by atoms with E-state index >= 15 is 0 Å². The minimum absolute atomic E-state index is 0.0456. The predicted octanol–water partition coefficient (Wildman–Crippen LogP) is 24.9. The monoisotopic (exact) mass is 1760 g/mol. The molecule has 0 amide bonds. The molecule has 3 heterocycles. The van der Waals surface area contributed by atoms with Crippen molar-refractivity contribution in [3.63, 3.8) is 0 Å². The third-order valence-electron chi connectivity index (χ3n) is 24.9. The molecule has 3 aliphatic rings. The lowest BCUT2D eigenvalue weighted by atomic mass is 9.73. The Morgan fingerprint density at radius 2 is 0.844 bits per heavy atom. The Hall–Kier alpha value is -13.2. The van der Waals surface area contributed by atoms with Crippen LogP contribution in [0.4, 0.5) is 39.5 Å². The van der Waals surface area contributed by atoms with E-state index in [2.05, 4.69) is 243 Å². The first-order chi connectivity index (χ1) is 61.4. The Bertz CT molecular complexity index is 7570. The van der Waals surface area contributed by atoms with Gasteiger partial charge in [-0.15, -0.1) is 0 Å². The van der Waals surface area contributed by atoms with Crippen molar-refractivity contribution in [3.05, 3.63) is 398 Å². The second kappa shape index (κ2) is 32.0. The van der Waals surface area contributed by atoms with Gasteiger partial charge in [-0.05, 0) is 182 Å². The SMILES string of the molecule is CC1(C)OB(c2ccc3c4c5ccccc5ccc4c4nc5ccccc5n4c3c2)OC1(C)C.O=P(c1ccccc1)(c1ccccc1)c1ccc(-c2cccc(-c3ccc4c(c3)C3C(=Cc5ccccc53)c3ccc5ccccc5c3-4)c2)cc1.O=P(c1ccccc1)(c1ccccc1)c1ccc(-c2cccc(OS(=O)(=O)C(F)(F)C(F)(F)C(F)(F)C(F)(F)F)c2)cc1. The Labute approximate surface area is 732 Å². The maximum absolute atomic E-state index is 14.9. The number of benzene rings is 16. The minimum Gasteiger partial charge on any atom is -0.399 e. The summed E-state index contributed by atoms with van der Waals surface area (Å²) in [7, 11) is -13.9. The van der Waals surface area contributed by atoms with Crippen molar-refractivity contribution in [1.82, 2.24) is 9.38 Å². The van der Waals surface area contributed by atoms with E-state index in [0.29, 0.717) is 22.0 Å². The summed E-state index contributed by atoms with van der Waals surface area (Å²) >= 11 is 0. The van der Waals surface area contributed by atoms with Crippen LogP contribution in [0.1, 0.15) is 55.9 Å². The lowest BCUT2D eigenvalue weighted by Crippen LogP contribution is -2.63. The number of alkyl halides is 9. The van der Waals surface area contributed by atoms with Crippen molar-refractivity contribution in [2.45, 2.75) is 68.1 Å². The van der Waals surface area contributed by atoms with E-state index in [1.165, 1.54) is 113 Å². The largest absolute Gasteiger partial charge is 0.494 e. The fraction of sp³-hybridized carbons (Fsp3) is 0.104. The van der Waals surface area contributed by atoms with Crippen LogP contribution < -0.4 is 41.5 Å². The summed E-state index contributed by atoms with van der Waals surface area (Å²) in [5.41, 5.74) is 18.8. The van der Waals surface area contributed by atoms with E-state index in [0.717, 1.165) is 72.2 Å². The van der Waals surface area contributed by atoms with Crippen LogP contribution in [0.5, 0.6) is 5.75 Å². The Morgan fingerprint density at radius 1 is 0.391 bits per heavy atom. The van der Waals surface area contributed by atoms with E-state index in [4.69, 9.17) is 14.3 Å². The number of nitrogens with zero attached hydrogens (tertiary/aromatic N) is 2. The normalized spacial score (nSPS) is 14.9. The maximum Gasteiger partial charge on any atom is 0.494 e. The molecule has 16 aromatic carbocycles. The van der Waals surface area contributed by atoms with Gasteiger partial charge < -0.3 is 22.6 Å². The summed E-state index contributed by atoms with van der Waals surface area (Å²) < 4.78 is 191. The van der Waals surface area contributed by atoms with Gasteiger partial charge in [0, 0.05) is 53.9 Å². The van der Waals surface area contributed by atoms with Crippen LogP contribution in [0.25, 0.3) is 116 Å². The van der Waals surface area contributed by atoms with Gasteiger partial charge in [0.1, 0.15) is 11.4 Å². The third kappa shape index (κ3) is 14.2. The molecular weight excluding hydrogens is 1690 g/mol. The zero-order chi connectivity index (χ0) is 89.1. The summed E-state index contributed by atoms with van der Waals surface area (Å²) in [4.78, 5) is 5.07. The first-order valence-corrected chi connectivity index (χ1v) is 46.2. The van der Waals surface area contributed by atoms with Crippen molar-refractivity contribution >= 4 is 140 Å². The van der Waals surface area contributed by atoms with Gasteiger partial charge in [0.15, 0.2) is 14.3 Å². The van der Waals surface area contributed by atoms with Gasteiger partial charge in [-0.1, -0.05) is 328 Å². The summed E-state index contributed by atoms with van der Waals surface area (Å²) in [6.07, 6.45) is -4.80. The summed E-state index contributed by atoms with van der Waals surface area (Å²) in [5.74, 6) is -15.7. The molecule has 0 saturated carbocycles. The maximum atomic E-state index is 14.9. The molecule has 634 valence electrons. The summed E-state index contributed by atoms with van der Waals surface area (Å²) in [5, 5.41) is 5.57. The van der Waals surface area contributed by atoms with Gasteiger partial charge in [-0.3, -0.25) is 4.40 Å². The Kier molecular flexibility index (Phi) is 21.1. The van der Waals surface area contributed by atoms with Gasteiger partial charge in [0.2, 0.25) is 0 Å². The van der Waals surface area contributed by atoms with Crippen LogP contribution in [0.15, 0.2) is 376 Å². The average molecular weight is 1770 g/mol. The highest BCUT2D eigenvalue weighted by Gasteiger charge is 2.86. The molecule has 2 aliphatic carbocycles. The average Bonchev–Trinajstić information content (AvgIpc) is 1.47. The molecule has 1 saturated heterocycles. The van der Waals surface area contributed by atoms with E-state index in [1.54, 1.807) is 60.7 Å². The molecular formula is C106H76BF9N2O7P2S. The number of pyridine rings is 1. The first-order valence-electron chi connectivity index (χ1n) is 41.3. The quantitative estimate of drug-likeness (QED) is 0.0328. The van der Waals surface area contributed by atoms with Gasteiger partial charge in [-0.25, -0.2) is 4.98 Å². The standard InChI is InChI=1S/C49H33OP.C29H25BN2O2.C28H18F9O4PS/c50-51(39-16-3-1-4-17-39,40-18-5-2-6-19-40)41-26-22-33(23-27-41)35-14-11-15-36(30-35)37-25-29-45-46(31-37)49-43-21-10-8-13-38(43)32-47(49)44-28-24-34-12-7-9-20-42(34)48(44)45;1-28(2)29(3,4)34-30(33-28)19-14-16-21-25(17-19)32-24-12-8-7-11-23(24)31-27(32)22-15-13-18-9-5-6-10-20(18)26(21)22;29-25(30,27(33,34)35)26(31,32)28(36,37)43(39,40)41-21-9-7-8-20(18-21)19-14-16-24(17-15-19)42(38,22-10-3-1-4-11-22)23-12-5-2-6-13-23/h1-32,49H;5-17H,1-4H3;1-18H. The van der Waals surface area contributed by atoms with Crippen LogP contribution in [-0.2, 0) is 28.6 Å². The zero-order valence-electron chi connectivity index (χ0n) is 69.0. The lowest BCUT2D eigenvalue weighted by molar-refractivity contribution is -0.382. The minimum atomic E-state index is -7.42. The number of imidazole rings is 1. The van der Waals surface area contributed by atoms with Crippen molar-refractivity contribution < 1.29 is 70.6 Å². The number of halogens is 9. The number of para-hydroxylation sites is 2. The number of hydrogen-bond acceptors (Lipinski definition) is 8. The van der Waals surface area contributed by atoms with Gasteiger partial charge >= 0.3 is 40.5 Å².